The lowest BCUT2D eigenvalue weighted by atomic mass is 10.2. The maximum atomic E-state index is 13.4. The van der Waals surface area contributed by atoms with E-state index < -0.39 is 17.8 Å². The summed E-state index contributed by atoms with van der Waals surface area (Å²) in [7, 11) is 0. The first kappa shape index (κ1) is 22.6. The zero-order valence-electron chi connectivity index (χ0n) is 16.1. The topological polar surface area (TPSA) is 77.1 Å². The normalized spacial score (nSPS) is 11.8. The third-order valence-corrected chi connectivity index (χ3v) is 5.78. The molecule has 0 unspecified atom stereocenters. The van der Waals surface area contributed by atoms with Crippen molar-refractivity contribution in [3.05, 3.63) is 73.7 Å². The van der Waals surface area contributed by atoms with Gasteiger partial charge in [-0.05, 0) is 40.5 Å². The van der Waals surface area contributed by atoms with Crippen LogP contribution in [0.3, 0.4) is 0 Å². The van der Waals surface area contributed by atoms with Crippen molar-refractivity contribution in [2.24, 2.45) is 0 Å². The molecule has 4 rings (SSSR count). The van der Waals surface area contributed by atoms with E-state index >= 15 is 0 Å². The van der Waals surface area contributed by atoms with Gasteiger partial charge in [-0.25, -0.2) is 9.50 Å². The second-order valence-electron chi connectivity index (χ2n) is 6.75. The van der Waals surface area contributed by atoms with Crippen LogP contribution in [0.1, 0.15) is 27.4 Å². The lowest BCUT2D eigenvalue weighted by molar-refractivity contribution is -0.142. The van der Waals surface area contributed by atoms with Crippen LogP contribution in [0.25, 0.3) is 5.65 Å². The third kappa shape index (κ3) is 4.32. The quantitative estimate of drug-likeness (QED) is 0.359. The molecule has 0 aliphatic heterocycles. The van der Waals surface area contributed by atoms with Crippen LogP contribution in [0, 0.1) is 6.92 Å². The molecule has 0 radical (unpaired) electrons. The number of carbonyl (C=O) groups excluding carboxylic acids is 1. The van der Waals surface area contributed by atoms with E-state index in [-0.39, 0.29) is 32.3 Å². The van der Waals surface area contributed by atoms with Crippen molar-refractivity contribution in [3.8, 4) is 0 Å². The number of anilines is 1. The Morgan fingerprint density at radius 2 is 1.91 bits per heavy atom. The zero-order valence-corrected chi connectivity index (χ0v) is 19.2. The summed E-state index contributed by atoms with van der Waals surface area (Å²) < 4.78 is 42.3. The van der Waals surface area contributed by atoms with Crippen LogP contribution in [0.4, 0.5) is 19.0 Å². The number of hydrogen-bond acceptors (Lipinski definition) is 4. The lowest BCUT2D eigenvalue weighted by Crippen LogP contribution is -2.16. The number of benzene rings is 1. The Balaban J connectivity index is 1.64. The van der Waals surface area contributed by atoms with Gasteiger partial charge in [0.15, 0.2) is 17.2 Å². The van der Waals surface area contributed by atoms with Gasteiger partial charge in [0.25, 0.3) is 5.91 Å². The molecule has 0 atom stereocenters. The monoisotopic (exact) mass is 546 g/mol. The van der Waals surface area contributed by atoms with Gasteiger partial charge in [-0.2, -0.15) is 23.4 Å². The molecule has 0 aliphatic rings. The number of amides is 1. The SMILES string of the molecule is Cc1cc(C(F)(F)F)n2nc(C(=O)Nc3nn(Cc4ccccc4Cl)cc3Cl)c(Br)c2n1. The van der Waals surface area contributed by atoms with E-state index in [9.17, 15) is 18.0 Å². The molecule has 0 saturated heterocycles. The Morgan fingerprint density at radius 1 is 1.19 bits per heavy atom. The number of nitrogens with zero attached hydrogens (tertiary/aromatic N) is 5. The largest absolute Gasteiger partial charge is 0.433 e. The number of halogens is 6. The second-order valence-corrected chi connectivity index (χ2v) is 8.35. The van der Waals surface area contributed by atoms with Crippen LogP contribution in [-0.4, -0.2) is 30.3 Å². The van der Waals surface area contributed by atoms with Crippen molar-refractivity contribution in [2.45, 2.75) is 19.6 Å². The van der Waals surface area contributed by atoms with Gasteiger partial charge in [-0.1, -0.05) is 41.4 Å². The van der Waals surface area contributed by atoms with E-state index in [2.05, 4.69) is 36.4 Å². The van der Waals surface area contributed by atoms with Crippen molar-refractivity contribution in [3.63, 3.8) is 0 Å². The Bertz CT molecular complexity index is 1350. The highest BCUT2D eigenvalue weighted by Gasteiger charge is 2.36. The molecule has 4 aromatic rings. The predicted octanol–water partition coefficient (Wildman–Crippen LogP) is 5.62. The van der Waals surface area contributed by atoms with E-state index in [0.29, 0.717) is 16.1 Å². The third-order valence-electron chi connectivity index (χ3n) is 4.41. The summed E-state index contributed by atoms with van der Waals surface area (Å²) in [6, 6.07) is 8.01. The Morgan fingerprint density at radius 3 is 2.59 bits per heavy atom. The fourth-order valence-corrected chi connectivity index (χ4v) is 3.90. The minimum Gasteiger partial charge on any atom is -0.302 e. The summed E-state index contributed by atoms with van der Waals surface area (Å²) in [5.74, 6) is -0.786. The van der Waals surface area contributed by atoms with Crippen LogP contribution in [-0.2, 0) is 12.7 Å². The molecule has 0 bridgehead atoms. The minimum absolute atomic E-state index is 0.0100. The standard InChI is InChI=1S/C19H12BrCl2F3N6O/c1-9-6-13(19(23,24)25)31-17(26-9)14(20)15(28-31)18(32)27-16-12(22)8-30(29-16)7-10-4-2-3-5-11(10)21/h2-6,8H,7H2,1H3,(H,27,29,32). The first-order valence-electron chi connectivity index (χ1n) is 8.95. The highest BCUT2D eigenvalue weighted by Crippen LogP contribution is 2.33. The zero-order chi connectivity index (χ0) is 23.2. The van der Waals surface area contributed by atoms with Crippen LogP contribution < -0.4 is 5.32 Å². The van der Waals surface area contributed by atoms with Crippen molar-refractivity contribution >= 4 is 56.5 Å². The summed E-state index contributed by atoms with van der Waals surface area (Å²) in [5.41, 5.74) is -0.584. The average molecular weight is 548 g/mol. The summed E-state index contributed by atoms with van der Waals surface area (Å²) in [6.07, 6.45) is -3.20. The average Bonchev–Trinajstić information content (AvgIpc) is 3.22. The minimum atomic E-state index is -4.69. The highest BCUT2D eigenvalue weighted by atomic mass is 79.9. The summed E-state index contributed by atoms with van der Waals surface area (Å²) in [5, 5.41) is 11.2. The molecule has 0 fully saturated rings. The van der Waals surface area contributed by atoms with Crippen LogP contribution in [0.15, 0.2) is 41.0 Å². The number of aryl methyl sites for hydroxylation is 1. The summed E-state index contributed by atoms with van der Waals surface area (Å²) >= 11 is 15.5. The molecule has 0 spiro atoms. The highest BCUT2D eigenvalue weighted by molar-refractivity contribution is 9.10. The summed E-state index contributed by atoms with van der Waals surface area (Å²) in [4.78, 5) is 16.8. The van der Waals surface area contributed by atoms with E-state index in [0.717, 1.165) is 11.6 Å². The molecule has 1 amide bonds. The van der Waals surface area contributed by atoms with E-state index in [4.69, 9.17) is 23.2 Å². The molecule has 0 aliphatic carbocycles. The van der Waals surface area contributed by atoms with Crippen molar-refractivity contribution in [1.82, 2.24) is 24.4 Å². The van der Waals surface area contributed by atoms with E-state index in [1.807, 2.05) is 12.1 Å². The van der Waals surface area contributed by atoms with Crippen LogP contribution >= 0.6 is 39.1 Å². The maximum Gasteiger partial charge on any atom is 0.433 e. The number of hydrogen-bond donors (Lipinski definition) is 1. The fourth-order valence-electron chi connectivity index (χ4n) is 2.99. The Hall–Kier alpha value is -2.63. The molecule has 13 heteroatoms. The lowest BCUT2D eigenvalue weighted by Gasteiger charge is -2.09. The molecule has 166 valence electrons. The van der Waals surface area contributed by atoms with Gasteiger partial charge in [0, 0.05) is 16.9 Å². The van der Waals surface area contributed by atoms with E-state index in [1.54, 1.807) is 12.1 Å². The molecule has 7 nitrogen and oxygen atoms in total. The smallest absolute Gasteiger partial charge is 0.302 e. The number of rotatable bonds is 4. The molecular formula is C19H12BrCl2F3N6O. The first-order chi connectivity index (χ1) is 15.0. The maximum absolute atomic E-state index is 13.4. The number of fused-ring (bicyclic) bond motifs is 1. The number of aromatic nitrogens is 5. The molecular weight excluding hydrogens is 536 g/mol. The van der Waals surface area contributed by atoms with Gasteiger partial charge in [0.2, 0.25) is 0 Å². The van der Waals surface area contributed by atoms with Gasteiger partial charge < -0.3 is 5.32 Å². The summed E-state index contributed by atoms with van der Waals surface area (Å²) in [6.45, 7) is 1.71. The van der Waals surface area contributed by atoms with Crippen LogP contribution in [0.2, 0.25) is 10.0 Å². The first-order valence-corrected chi connectivity index (χ1v) is 10.5. The van der Waals surface area contributed by atoms with Gasteiger partial charge in [-0.3, -0.25) is 9.48 Å². The second kappa shape index (κ2) is 8.38. The van der Waals surface area contributed by atoms with Gasteiger partial charge >= 0.3 is 6.18 Å². The van der Waals surface area contributed by atoms with Crippen molar-refractivity contribution < 1.29 is 18.0 Å². The van der Waals surface area contributed by atoms with Gasteiger partial charge in [0.05, 0.1) is 11.0 Å². The number of alkyl halides is 3. The Kier molecular flexibility index (Phi) is 5.91. The molecule has 3 aromatic heterocycles. The van der Waals surface area contributed by atoms with Gasteiger partial charge in [-0.15, -0.1) is 0 Å². The molecule has 32 heavy (non-hydrogen) atoms. The van der Waals surface area contributed by atoms with Crippen LogP contribution in [0.5, 0.6) is 0 Å². The molecule has 1 aromatic carbocycles. The molecule has 1 N–H and O–H groups in total. The van der Waals surface area contributed by atoms with Crippen molar-refractivity contribution in [1.29, 1.82) is 0 Å². The van der Waals surface area contributed by atoms with Gasteiger partial charge in [0.1, 0.15) is 10.7 Å². The van der Waals surface area contributed by atoms with Crippen molar-refractivity contribution in [2.75, 3.05) is 5.32 Å². The molecule has 3 heterocycles. The van der Waals surface area contributed by atoms with E-state index in [1.165, 1.54) is 17.8 Å². The predicted molar refractivity (Wildman–Crippen MR) is 116 cm³/mol. The number of carbonyl (C=O) groups is 1. The fraction of sp³-hybridized carbons (Fsp3) is 0.158. The number of nitrogens with one attached hydrogen (secondary N) is 1. The molecule has 0 saturated carbocycles. The Labute approximate surface area is 197 Å².